The highest BCUT2D eigenvalue weighted by molar-refractivity contribution is 6.14. The first kappa shape index (κ1) is 55.6. The molecule has 0 saturated carbocycles. The van der Waals surface area contributed by atoms with Gasteiger partial charge in [-0.25, -0.2) is 15.0 Å². The summed E-state index contributed by atoms with van der Waals surface area (Å²) in [5.74, 6) is 0.965. The Morgan fingerprint density at radius 3 is 0.957 bits per heavy atom. The molecule has 92 heavy (non-hydrogen) atoms. The predicted molar refractivity (Wildman–Crippen MR) is 356 cm³/mol. The van der Waals surface area contributed by atoms with E-state index in [1.165, 1.54) is 6.07 Å². The standard InChI is InChI=1S/C80H44F3N9/c81-80(82,83)69-24-11-25-75(92-72-33-28-61(57-22-9-14-51(38-57)47-86)42-66(72)67-43-62(29-34-73(67)92)58-23-10-15-52(39-58)48-87)76(69)68-44-63(79-89-77(53-16-3-1-4-17-53)88-78(90-79)54-18-5-2-6-19-54)30-35-74(68)91-70-31-26-59(55-20-7-12-49(36-55)45-84)40-64(70)65-41-60(27-32-71(65)91)56-21-8-13-50(37-56)46-85/h1-44H. The van der Waals surface area contributed by atoms with Crippen LogP contribution in [-0.2, 0) is 6.18 Å². The number of benzene rings is 12. The summed E-state index contributed by atoms with van der Waals surface area (Å²) < 4.78 is 54.5. The first-order chi connectivity index (χ1) is 45.0. The van der Waals surface area contributed by atoms with Crippen LogP contribution >= 0.6 is 0 Å². The molecule has 15 aromatic rings. The van der Waals surface area contributed by atoms with Gasteiger partial charge in [-0.1, -0.05) is 140 Å². The highest BCUT2D eigenvalue weighted by Crippen LogP contribution is 2.49. The molecule has 0 aliphatic carbocycles. The van der Waals surface area contributed by atoms with E-state index >= 15 is 13.2 Å². The fourth-order valence-corrected chi connectivity index (χ4v) is 12.6. The maximum atomic E-state index is 16.9. The van der Waals surface area contributed by atoms with Gasteiger partial charge in [0.25, 0.3) is 0 Å². The molecule has 15 rings (SSSR count). The van der Waals surface area contributed by atoms with Crippen LogP contribution in [0.15, 0.2) is 267 Å². The van der Waals surface area contributed by atoms with Crippen molar-refractivity contribution >= 4 is 43.6 Å². The SMILES string of the molecule is N#Cc1cccc(-c2ccc3c(c2)c2cc(-c4cccc(C#N)c4)ccc2n3-c2ccc(-c3nc(-c4ccccc4)nc(-c4ccccc4)n3)cc2-c2c(-n3c4ccc(-c5cccc(C#N)c5)cc4c4cc(-c5cccc(C#N)c5)ccc43)cccc2C(F)(F)F)c1. The van der Waals surface area contributed by atoms with Crippen molar-refractivity contribution < 1.29 is 13.2 Å². The molecular weight excluding hydrogens is 1140 g/mol. The monoisotopic (exact) mass is 1190 g/mol. The van der Waals surface area contributed by atoms with Gasteiger partial charge in [0, 0.05) is 49.4 Å². The van der Waals surface area contributed by atoms with Crippen LogP contribution in [0.5, 0.6) is 0 Å². The summed E-state index contributed by atoms with van der Waals surface area (Å²) in [7, 11) is 0. The summed E-state index contributed by atoms with van der Waals surface area (Å²) >= 11 is 0. The van der Waals surface area contributed by atoms with Gasteiger partial charge in [0.05, 0.1) is 85.5 Å². The molecule has 3 aromatic heterocycles. The van der Waals surface area contributed by atoms with Gasteiger partial charge in [-0.05, 0) is 172 Å². The van der Waals surface area contributed by atoms with Gasteiger partial charge in [0.15, 0.2) is 17.5 Å². The number of halogens is 3. The Morgan fingerprint density at radius 1 is 0.283 bits per heavy atom. The van der Waals surface area contributed by atoms with Gasteiger partial charge in [0.2, 0.25) is 0 Å². The van der Waals surface area contributed by atoms with Gasteiger partial charge in [-0.3, -0.25) is 0 Å². The van der Waals surface area contributed by atoms with Crippen LogP contribution in [0.4, 0.5) is 13.2 Å². The van der Waals surface area contributed by atoms with Crippen LogP contribution in [0.2, 0.25) is 0 Å². The van der Waals surface area contributed by atoms with Crippen molar-refractivity contribution in [2.45, 2.75) is 6.18 Å². The van der Waals surface area contributed by atoms with Crippen molar-refractivity contribution in [2.75, 3.05) is 0 Å². The lowest BCUT2D eigenvalue weighted by atomic mass is 9.93. The second-order valence-electron chi connectivity index (χ2n) is 22.3. The van der Waals surface area contributed by atoms with Crippen LogP contribution in [0, 0.1) is 45.3 Å². The third kappa shape index (κ3) is 9.90. The summed E-state index contributed by atoms with van der Waals surface area (Å²) in [5.41, 5.74) is 12.5. The molecule has 0 aliphatic rings. The lowest BCUT2D eigenvalue weighted by Crippen LogP contribution is -2.11. The Hall–Kier alpha value is -13.0. The molecule has 0 fully saturated rings. The normalized spacial score (nSPS) is 11.4. The molecule has 0 saturated heterocycles. The summed E-state index contributed by atoms with van der Waals surface area (Å²) in [5, 5.41) is 43.0. The maximum Gasteiger partial charge on any atom is 0.417 e. The second-order valence-corrected chi connectivity index (χ2v) is 22.3. The fraction of sp³-hybridized carbons (Fsp3) is 0.0125. The van der Waals surface area contributed by atoms with Gasteiger partial charge in [0.1, 0.15) is 0 Å². The minimum Gasteiger partial charge on any atom is -0.309 e. The molecular formula is C80H44F3N9. The van der Waals surface area contributed by atoms with Crippen molar-refractivity contribution in [3.05, 3.63) is 295 Å². The minimum atomic E-state index is -4.93. The second kappa shape index (κ2) is 22.6. The molecule has 0 N–H and O–H groups in total. The van der Waals surface area contributed by atoms with Gasteiger partial charge in [-0.2, -0.15) is 34.2 Å². The lowest BCUT2D eigenvalue weighted by molar-refractivity contribution is -0.137. The Labute approximate surface area is 525 Å². The topological polar surface area (TPSA) is 144 Å². The largest absolute Gasteiger partial charge is 0.417 e. The number of rotatable bonds is 10. The number of hydrogen-bond donors (Lipinski definition) is 0. The van der Waals surface area contributed by atoms with E-state index < -0.39 is 11.7 Å². The van der Waals surface area contributed by atoms with Crippen molar-refractivity contribution in [1.82, 2.24) is 24.1 Å². The summed E-state index contributed by atoms with van der Waals surface area (Å²) in [6, 6.07) is 90.7. The summed E-state index contributed by atoms with van der Waals surface area (Å²) in [6.45, 7) is 0. The molecule has 0 radical (unpaired) electrons. The highest BCUT2D eigenvalue weighted by atomic mass is 19.4. The molecule has 12 heteroatoms. The number of nitriles is 4. The van der Waals surface area contributed by atoms with E-state index in [-0.39, 0.29) is 22.6 Å². The van der Waals surface area contributed by atoms with E-state index in [9.17, 15) is 21.0 Å². The molecule has 0 aliphatic heterocycles. The maximum absolute atomic E-state index is 16.9. The van der Waals surface area contributed by atoms with Crippen molar-refractivity contribution in [1.29, 1.82) is 21.0 Å². The first-order valence-corrected chi connectivity index (χ1v) is 29.4. The van der Waals surface area contributed by atoms with Crippen LogP contribution < -0.4 is 0 Å². The summed E-state index contributed by atoms with van der Waals surface area (Å²) in [6.07, 6.45) is -4.93. The molecule has 0 atom stereocenters. The van der Waals surface area contributed by atoms with Crippen LogP contribution in [0.1, 0.15) is 27.8 Å². The van der Waals surface area contributed by atoms with Crippen molar-refractivity contribution in [3.8, 4) is 125 Å². The zero-order chi connectivity index (χ0) is 62.6. The lowest BCUT2D eigenvalue weighted by Gasteiger charge is -2.23. The molecule has 0 spiro atoms. The molecule has 0 bridgehead atoms. The van der Waals surface area contributed by atoms with Crippen LogP contribution in [0.3, 0.4) is 0 Å². The molecule has 0 amide bonds. The van der Waals surface area contributed by atoms with Crippen molar-refractivity contribution in [3.63, 3.8) is 0 Å². The molecule has 0 unspecified atom stereocenters. The average molecular weight is 1190 g/mol. The van der Waals surface area contributed by atoms with Gasteiger partial charge in [-0.15, -0.1) is 0 Å². The Bertz CT molecular complexity index is 5410. The smallest absolute Gasteiger partial charge is 0.309 e. The van der Waals surface area contributed by atoms with Crippen LogP contribution in [0.25, 0.3) is 145 Å². The third-order valence-corrected chi connectivity index (χ3v) is 16.9. The van der Waals surface area contributed by atoms with E-state index in [4.69, 9.17) is 15.0 Å². The highest BCUT2D eigenvalue weighted by Gasteiger charge is 2.37. The van der Waals surface area contributed by atoms with E-state index in [2.05, 4.69) is 36.4 Å². The predicted octanol–water partition coefficient (Wildman–Crippen LogP) is 19.9. The fourth-order valence-electron chi connectivity index (χ4n) is 12.6. The Kier molecular flexibility index (Phi) is 13.7. The molecule has 3 heterocycles. The molecule has 12 aromatic carbocycles. The van der Waals surface area contributed by atoms with Crippen molar-refractivity contribution in [2.24, 2.45) is 0 Å². The minimum absolute atomic E-state index is 0.127. The number of fused-ring (bicyclic) bond motifs is 6. The summed E-state index contributed by atoms with van der Waals surface area (Å²) in [4.78, 5) is 15.2. The van der Waals surface area contributed by atoms with E-state index in [0.717, 1.165) is 72.1 Å². The average Bonchev–Trinajstić information content (AvgIpc) is 1.53. The number of hydrogen-bond acceptors (Lipinski definition) is 7. The zero-order valence-electron chi connectivity index (χ0n) is 48.6. The van der Waals surface area contributed by atoms with E-state index in [1.54, 1.807) is 36.4 Å². The molecule has 9 nitrogen and oxygen atoms in total. The zero-order valence-corrected chi connectivity index (χ0v) is 48.6. The van der Waals surface area contributed by atoms with Crippen LogP contribution in [-0.4, -0.2) is 24.1 Å². The van der Waals surface area contributed by atoms with E-state index in [0.29, 0.717) is 78.3 Å². The van der Waals surface area contributed by atoms with Gasteiger partial charge < -0.3 is 9.13 Å². The quantitative estimate of drug-likeness (QED) is 0.133. The molecule has 430 valence electrons. The van der Waals surface area contributed by atoms with Gasteiger partial charge >= 0.3 is 6.18 Å². The first-order valence-electron chi connectivity index (χ1n) is 29.4. The van der Waals surface area contributed by atoms with E-state index in [1.807, 2.05) is 215 Å². The third-order valence-electron chi connectivity index (χ3n) is 16.9. The number of aromatic nitrogens is 5. The Balaban J connectivity index is 1.06. The number of nitrogens with zero attached hydrogens (tertiary/aromatic N) is 9. The Morgan fingerprint density at radius 2 is 0.598 bits per heavy atom. The number of alkyl halides is 3.